The molecule has 0 bridgehead atoms. The highest BCUT2D eigenvalue weighted by Crippen LogP contribution is 2.15. The first kappa shape index (κ1) is 13.7. The Morgan fingerprint density at radius 3 is 2.88 bits per heavy atom. The van der Waals surface area contributed by atoms with Crippen LogP contribution in [0, 0.1) is 5.92 Å². The van der Waals surface area contributed by atoms with E-state index in [1.807, 2.05) is 0 Å². The second-order valence-corrected chi connectivity index (χ2v) is 5.32. The van der Waals surface area contributed by atoms with Gasteiger partial charge in [0.2, 0.25) is 0 Å². The number of ketones is 1. The largest absolute Gasteiger partial charge is 0.314 e. The minimum atomic E-state index is 0.466. The third-order valence-corrected chi connectivity index (χ3v) is 3.54. The van der Waals surface area contributed by atoms with Crippen LogP contribution in [-0.2, 0) is 4.79 Å². The van der Waals surface area contributed by atoms with E-state index in [9.17, 15) is 4.79 Å². The molecule has 1 heterocycles. The maximum atomic E-state index is 11.7. The number of carbonyl (C=O) groups excluding carboxylic acids is 1. The molecule has 2 atom stereocenters. The van der Waals surface area contributed by atoms with Crippen molar-refractivity contribution >= 4 is 5.78 Å². The smallest absolute Gasteiger partial charge is 0.133 e. The van der Waals surface area contributed by atoms with Gasteiger partial charge >= 0.3 is 0 Å². The van der Waals surface area contributed by atoms with Crippen molar-refractivity contribution in [3.8, 4) is 0 Å². The lowest BCUT2D eigenvalue weighted by atomic mass is 9.94. The molecule has 0 spiro atoms. The molecule has 1 fully saturated rings. The van der Waals surface area contributed by atoms with E-state index in [1.165, 1.54) is 32.1 Å². The summed E-state index contributed by atoms with van der Waals surface area (Å²) in [5.74, 6) is 1.05. The minimum absolute atomic E-state index is 0.466. The maximum Gasteiger partial charge on any atom is 0.133 e. The van der Waals surface area contributed by atoms with E-state index >= 15 is 0 Å². The van der Waals surface area contributed by atoms with Crippen LogP contribution in [-0.4, -0.2) is 18.4 Å². The van der Waals surface area contributed by atoms with Crippen molar-refractivity contribution in [1.29, 1.82) is 0 Å². The van der Waals surface area contributed by atoms with Gasteiger partial charge in [0.1, 0.15) is 5.78 Å². The van der Waals surface area contributed by atoms with Gasteiger partial charge in [-0.25, -0.2) is 0 Å². The van der Waals surface area contributed by atoms with E-state index in [0.717, 1.165) is 25.8 Å². The number of rotatable bonds is 7. The van der Waals surface area contributed by atoms with Gasteiger partial charge in [-0.05, 0) is 31.7 Å². The zero-order chi connectivity index (χ0) is 11.8. The van der Waals surface area contributed by atoms with E-state index in [0.29, 0.717) is 17.7 Å². The lowest BCUT2D eigenvalue weighted by Crippen LogP contribution is -2.34. The van der Waals surface area contributed by atoms with Crippen molar-refractivity contribution < 1.29 is 4.79 Å². The molecule has 0 saturated carbocycles. The Balaban J connectivity index is 2.09. The molecule has 2 heteroatoms. The summed E-state index contributed by atoms with van der Waals surface area (Å²) in [6.45, 7) is 5.53. The summed E-state index contributed by atoms with van der Waals surface area (Å²) in [6, 6.07) is 0.610. The van der Waals surface area contributed by atoms with E-state index in [4.69, 9.17) is 0 Å². The van der Waals surface area contributed by atoms with Gasteiger partial charge in [0.05, 0.1) is 0 Å². The van der Waals surface area contributed by atoms with Crippen molar-refractivity contribution in [2.75, 3.05) is 6.54 Å². The fourth-order valence-electron chi connectivity index (χ4n) is 2.59. The number of hydrogen-bond donors (Lipinski definition) is 1. The van der Waals surface area contributed by atoms with Crippen molar-refractivity contribution in [1.82, 2.24) is 5.32 Å². The quantitative estimate of drug-likeness (QED) is 0.720. The lowest BCUT2D eigenvalue weighted by Gasteiger charge is -2.23. The molecule has 2 unspecified atom stereocenters. The minimum Gasteiger partial charge on any atom is -0.314 e. The molecule has 2 nitrogen and oxygen atoms in total. The SMILES string of the molecule is CCCC(C)CC(=O)CCC1CCCCN1. The van der Waals surface area contributed by atoms with E-state index in [2.05, 4.69) is 19.2 Å². The Morgan fingerprint density at radius 1 is 1.44 bits per heavy atom. The lowest BCUT2D eigenvalue weighted by molar-refractivity contribution is -0.120. The Kier molecular flexibility index (Phi) is 6.70. The number of carbonyl (C=O) groups is 1. The summed E-state index contributed by atoms with van der Waals surface area (Å²) in [4.78, 5) is 11.7. The van der Waals surface area contributed by atoms with E-state index in [-0.39, 0.29) is 0 Å². The highest BCUT2D eigenvalue weighted by molar-refractivity contribution is 5.78. The summed E-state index contributed by atoms with van der Waals surface area (Å²) in [6.07, 6.45) is 8.91. The fourth-order valence-corrected chi connectivity index (χ4v) is 2.59. The van der Waals surface area contributed by atoms with Gasteiger partial charge in [-0.1, -0.05) is 33.1 Å². The molecule has 16 heavy (non-hydrogen) atoms. The summed E-state index contributed by atoms with van der Waals surface area (Å²) >= 11 is 0. The number of piperidine rings is 1. The van der Waals surface area contributed by atoms with Crippen LogP contribution in [0.4, 0.5) is 0 Å². The molecule has 0 aliphatic carbocycles. The molecular formula is C14H27NO. The molecule has 94 valence electrons. The molecule has 1 aliphatic rings. The van der Waals surface area contributed by atoms with Crippen LogP contribution in [0.1, 0.15) is 65.2 Å². The van der Waals surface area contributed by atoms with Crippen LogP contribution < -0.4 is 5.32 Å². The standard InChI is InChI=1S/C14H27NO/c1-3-6-12(2)11-14(16)9-8-13-7-4-5-10-15-13/h12-13,15H,3-11H2,1-2H3. The van der Waals surface area contributed by atoms with Crippen LogP contribution >= 0.6 is 0 Å². The average molecular weight is 225 g/mol. The molecule has 1 N–H and O–H groups in total. The summed E-state index contributed by atoms with van der Waals surface area (Å²) in [7, 11) is 0. The highest BCUT2D eigenvalue weighted by Gasteiger charge is 2.15. The number of hydrogen-bond acceptors (Lipinski definition) is 2. The Hall–Kier alpha value is -0.370. The van der Waals surface area contributed by atoms with E-state index in [1.54, 1.807) is 0 Å². The number of Topliss-reactive ketones (excluding diaryl/α,β-unsaturated/α-hetero) is 1. The van der Waals surface area contributed by atoms with Crippen LogP contribution in [0.5, 0.6) is 0 Å². The van der Waals surface area contributed by atoms with Gasteiger partial charge in [0, 0.05) is 18.9 Å². The Bertz CT molecular complexity index is 197. The topological polar surface area (TPSA) is 29.1 Å². The maximum absolute atomic E-state index is 11.7. The first-order valence-electron chi connectivity index (χ1n) is 6.97. The zero-order valence-electron chi connectivity index (χ0n) is 10.9. The summed E-state index contributed by atoms with van der Waals surface area (Å²) in [5, 5.41) is 3.50. The summed E-state index contributed by atoms with van der Waals surface area (Å²) in [5.41, 5.74) is 0. The predicted octanol–water partition coefficient (Wildman–Crippen LogP) is 3.30. The van der Waals surface area contributed by atoms with Crippen molar-refractivity contribution in [2.45, 2.75) is 71.3 Å². The second-order valence-electron chi connectivity index (χ2n) is 5.32. The first-order chi connectivity index (χ1) is 7.72. The highest BCUT2D eigenvalue weighted by atomic mass is 16.1. The predicted molar refractivity (Wildman–Crippen MR) is 68.6 cm³/mol. The van der Waals surface area contributed by atoms with Crippen molar-refractivity contribution in [3.63, 3.8) is 0 Å². The third kappa shape index (κ3) is 5.64. The normalized spacial score (nSPS) is 23.0. The van der Waals surface area contributed by atoms with Crippen LogP contribution in [0.3, 0.4) is 0 Å². The molecule has 1 saturated heterocycles. The first-order valence-corrected chi connectivity index (χ1v) is 6.97. The Morgan fingerprint density at radius 2 is 2.25 bits per heavy atom. The molecule has 0 aromatic carbocycles. The van der Waals surface area contributed by atoms with Gasteiger partial charge in [0.25, 0.3) is 0 Å². The molecule has 0 amide bonds. The molecule has 0 radical (unpaired) electrons. The van der Waals surface area contributed by atoms with Crippen LogP contribution in [0.2, 0.25) is 0 Å². The average Bonchev–Trinajstić information content (AvgIpc) is 2.28. The van der Waals surface area contributed by atoms with Crippen LogP contribution in [0.25, 0.3) is 0 Å². The zero-order valence-corrected chi connectivity index (χ0v) is 10.9. The number of nitrogens with one attached hydrogen (secondary N) is 1. The summed E-state index contributed by atoms with van der Waals surface area (Å²) < 4.78 is 0. The molecule has 0 aromatic heterocycles. The van der Waals surface area contributed by atoms with E-state index < -0.39 is 0 Å². The monoisotopic (exact) mass is 225 g/mol. The van der Waals surface area contributed by atoms with Gasteiger partial charge in [0.15, 0.2) is 0 Å². The van der Waals surface area contributed by atoms with Gasteiger partial charge in [-0.3, -0.25) is 4.79 Å². The van der Waals surface area contributed by atoms with Crippen molar-refractivity contribution in [2.24, 2.45) is 5.92 Å². The van der Waals surface area contributed by atoms with Crippen molar-refractivity contribution in [3.05, 3.63) is 0 Å². The molecule has 1 aliphatic heterocycles. The van der Waals surface area contributed by atoms with Gasteiger partial charge in [-0.15, -0.1) is 0 Å². The van der Waals surface area contributed by atoms with Gasteiger partial charge in [-0.2, -0.15) is 0 Å². The Labute approximate surface area is 100 Å². The third-order valence-electron chi connectivity index (χ3n) is 3.54. The second kappa shape index (κ2) is 7.83. The van der Waals surface area contributed by atoms with Crippen LogP contribution in [0.15, 0.2) is 0 Å². The molecular weight excluding hydrogens is 198 g/mol. The van der Waals surface area contributed by atoms with Gasteiger partial charge < -0.3 is 5.32 Å². The molecule has 0 aromatic rings. The fraction of sp³-hybridized carbons (Fsp3) is 0.929. The molecule has 1 rings (SSSR count).